The minimum atomic E-state index is -0.0796. The molecule has 4 atom stereocenters. The maximum absolute atomic E-state index is 12.9. The van der Waals surface area contributed by atoms with Crippen molar-refractivity contribution < 1.29 is 9.59 Å². The third kappa shape index (κ3) is 5.45. The quantitative estimate of drug-likeness (QED) is 0.699. The molecule has 3 rings (SSSR count). The fourth-order valence-electron chi connectivity index (χ4n) is 4.21. The van der Waals surface area contributed by atoms with Gasteiger partial charge in [-0.2, -0.15) is 5.10 Å². The van der Waals surface area contributed by atoms with Gasteiger partial charge in [0.05, 0.1) is 12.1 Å². The number of carbonyl (C=O) groups excluding carboxylic acids is 2. The molecule has 2 heterocycles. The molecule has 7 nitrogen and oxygen atoms in total. The summed E-state index contributed by atoms with van der Waals surface area (Å²) >= 11 is 0. The molecule has 8 heteroatoms. The molecule has 0 radical (unpaired) electrons. The third-order valence-corrected chi connectivity index (χ3v) is 5.53. The van der Waals surface area contributed by atoms with Crippen molar-refractivity contribution in [2.75, 3.05) is 13.1 Å². The molecule has 2 aliphatic rings. The van der Waals surface area contributed by atoms with Crippen molar-refractivity contribution in [2.45, 2.75) is 57.5 Å². The van der Waals surface area contributed by atoms with Crippen LogP contribution in [0.2, 0.25) is 0 Å². The zero-order valence-electron chi connectivity index (χ0n) is 16.4. The van der Waals surface area contributed by atoms with E-state index in [2.05, 4.69) is 21.0 Å². The molecule has 2 fully saturated rings. The summed E-state index contributed by atoms with van der Waals surface area (Å²) < 4.78 is 1.78. The second kappa shape index (κ2) is 9.55. The minimum Gasteiger partial charge on any atom is -0.354 e. The van der Waals surface area contributed by atoms with Crippen LogP contribution in [0.15, 0.2) is 12.4 Å². The summed E-state index contributed by atoms with van der Waals surface area (Å²) in [6.07, 6.45) is 7.43. The number of nitrogens with zero attached hydrogens (tertiary/aromatic N) is 2. The first kappa shape index (κ1) is 21.7. The molecule has 1 saturated carbocycles. The Bertz CT molecular complexity index is 648. The predicted octanol–water partition coefficient (Wildman–Crippen LogP) is 1.34. The highest BCUT2D eigenvalue weighted by Gasteiger charge is 2.36. The summed E-state index contributed by atoms with van der Waals surface area (Å²) in [5.41, 5.74) is 1.11. The minimum absolute atomic E-state index is 0. The van der Waals surface area contributed by atoms with E-state index in [1.807, 2.05) is 33.3 Å². The van der Waals surface area contributed by atoms with E-state index in [-0.39, 0.29) is 54.1 Å². The van der Waals surface area contributed by atoms with E-state index < -0.39 is 0 Å². The summed E-state index contributed by atoms with van der Waals surface area (Å²) in [4.78, 5) is 25.2. The predicted molar refractivity (Wildman–Crippen MR) is 107 cm³/mol. The van der Waals surface area contributed by atoms with Gasteiger partial charge in [-0.1, -0.05) is 6.42 Å². The molecule has 152 valence electrons. The molecule has 27 heavy (non-hydrogen) atoms. The van der Waals surface area contributed by atoms with Gasteiger partial charge in [-0.25, -0.2) is 0 Å². The van der Waals surface area contributed by atoms with E-state index in [9.17, 15) is 9.59 Å². The van der Waals surface area contributed by atoms with Gasteiger partial charge in [-0.3, -0.25) is 14.3 Å². The first-order valence-electron chi connectivity index (χ1n) is 9.74. The smallest absolute Gasteiger partial charge is 0.225 e. The van der Waals surface area contributed by atoms with Crippen LogP contribution in [-0.2, 0) is 16.6 Å². The second-order valence-corrected chi connectivity index (χ2v) is 8.05. The number of hydrogen-bond acceptors (Lipinski definition) is 4. The monoisotopic (exact) mass is 397 g/mol. The molecule has 1 aromatic rings. The van der Waals surface area contributed by atoms with Crippen LogP contribution in [0.5, 0.6) is 0 Å². The largest absolute Gasteiger partial charge is 0.354 e. The van der Waals surface area contributed by atoms with Crippen molar-refractivity contribution in [1.82, 2.24) is 25.7 Å². The van der Waals surface area contributed by atoms with Crippen LogP contribution in [0.4, 0.5) is 0 Å². The zero-order chi connectivity index (χ0) is 18.7. The van der Waals surface area contributed by atoms with Gasteiger partial charge in [-0.05, 0) is 38.7 Å². The maximum Gasteiger partial charge on any atom is 0.225 e. The average molecular weight is 398 g/mol. The van der Waals surface area contributed by atoms with Gasteiger partial charge in [0.25, 0.3) is 0 Å². The molecular weight excluding hydrogens is 366 g/mol. The van der Waals surface area contributed by atoms with Gasteiger partial charge < -0.3 is 16.0 Å². The highest BCUT2D eigenvalue weighted by atomic mass is 35.5. The van der Waals surface area contributed by atoms with E-state index >= 15 is 0 Å². The number of aromatic nitrogens is 2. The van der Waals surface area contributed by atoms with Gasteiger partial charge in [0, 0.05) is 50.3 Å². The van der Waals surface area contributed by atoms with Crippen LogP contribution >= 0.6 is 12.4 Å². The number of nitrogens with one attached hydrogen (secondary N) is 3. The SMILES string of the molecule is CC(C)NC(=O)C1CCCC(NC(=O)[C@H]2CNC[C@@H]2c2cnn(C)c2)C1.Cl. The number of aryl methyl sites for hydroxylation is 1. The molecule has 1 aromatic heterocycles. The summed E-state index contributed by atoms with van der Waals surface area (Å²) in [5.74, 6) is 0.303. The lowest BCUT2D eigenvalue weighted by molar-refractivity contribution is -0.129. The van der Waals surface area contributed by atoms with Crippen LogP contribution in [0.3, 0.4) is 0 Å². The fraction of sp³-hybridized carbons (Fsp3) is 0.737. The van der Waals surface area contributed by atoms with Gasteiger partial charge in [0.1, 0.15) is 0 Å². The van der Waals surface area contributed by atoms with E-state index in [4.69, 9.17) is 0 Å². The number of carbonyl (C=O) groups is 2. The highest BCUT2D eigenvalue weighted by molar-refractivity contribution is 5.85. The molecule has 0 bridgehead atoms. The molecule has 1 saturated heterocycles. The summed E-state index contributed by atoms with van der Waals surface area (Å²) in [5, 5.41) is 13.8. The van der Waals surface area contributed by atoms with E-state index in [0.29, 0.717) is 6.54 Å². The van der Waals surface area contributed by atoms with E-state index in [0.717, 1.165) is 37.8 Å². The topological polar surface area (TPSA) is 88.1 Å². The van der Waals surface area contributed by atoms with Gasteiger partial charge >= 0.3 is 0 Å². The Balaban J connectivity index is 0.00000261. The first-order chi connectivity index (χ1) is 12.4. The molecule has 0 spiro atoms. The van der Waals surface area contributed by atoms with Gasteiger partial charge in [0.15, 0.2) is 0 Å². The lowest BCUT2D eigenvalue weighted by Gasteiger charge is -2.30. The Morgan fingerprint density at radius 3 is 2.70 bits per heavy atom. The first-order valence-corrected chi connectivity index (χ1v) is 9.74. The fourth-order valence-corrected chi connectivity index (χ4v) is 4.21. The Labute approximate surface area is 167 Å². The van der Waals surface area contributed by atoms with Crippen molar-refractivity contribution in [2.24, 2.45) is 18.9 Å². The normalized spacial score (nSPS) is 27.9. The Hall–Kier alpha value is -1.60. The number of hydrogen-bond donors (Lipinski definition) is 3. The van der Waals surface area contributed by atoms with E-state index in [1.165, 1.54) is 0 Å². The standard InChI is InChI=1S/C19H31N5O2.ClH/c1-12(2)22-18(25)13-5-4-6-15(7-13)23-19(26)17-10-20-9-16(17)14-8-21-24(3)11-14;/h8,11-13,15-17,20H,4-7,9-10H2,1-3H3,(H,22,25)(H,23,26);1H/t13?,15?,16-,17+;/m1./s1. The van der Waals surface area contributed by atoms with Crippen molar-refractivity contribution >= 4 is 24.2 Å². The second-order valence-electron chi connectivity index (χ2n) is 8.05. The van der Waals surface area contributed by atoms with Gasteiger partial charge in [0.2, 0.25) is 11.8 Å². The molecule has 1 aliphatic heterocycles. The van der Waals surface area contributed by atoms with Crippen molar-refractivity contribution in [3.8, 4) is 0 Å². The number of amides is 2. The van der Waals surface area contributed by atoms with Crippen LogP contribution in [0.1, 0.15) is 51.0 Å². The molecule has 3 N–H and O–H groups in total. The van der Waals surface area contributed by atoms with Crippen LogP contribution in [-0.4, -0.2) is 46.8 Å². The lowest BCUT2D eigenvalue weighted by Crippen LogP contribution is -2.46. The lowest BCUT2D eigenvalue weighted by atomic mass is 9.84. The molecule has 1 aliphatic carbocycles. The van der Waals surface area contributed by atoms with Crippen LogP contribution in [0, 0.1) is 11.8 Å². The maximum atomic E-state index is 12.9. The molecule has 0 aromatic carbocycles. The molecule has 2 amide bonds. The van der Waals surface area contributed by atoms with Crippen LogP contribution < -0.4 is 16.0 Å². The average Bonchev–Trinajstić information content (AvgIpc) is 3.23. The molecular formula is C19H32ClN5O2. The summed E-state index contributed by atoms with van der Waals surface area (Å²) in [7, 11) is 1.89. The Morgan fingerprint density at radius 2 is 2.04 bits per heavy atom. The van der Waals surface area contributed by atoms with Crippen molar-refractivity contribution in [3.63, 3.8) is 0 Å². The van der Waals surface area contributed by atoms with Crippen LogP contribution in [0.25, 0.3) is 0 Å². The van der Waals surface area contributed by atoms with Crippen molar-refractivity contribution in [1.29, 1.82) is 0 Å². The molecule has 2 unspecified atom stereocenters. The third-order valence-electron chi connectivity index (χ3n) is 5.53. The van der Waals surface area contributed by atoms with Gasteiger partial charge in [-0.15, -0.1) is 12.4 Å². The highest BCUT2D eigenvalue weighted by Crippen LogP contribution is 2.29. The Kier molecular flexibility index (Phi) is 7.68. The zero-order valence-corrected chi connectivity index (χ0v) is 17.2. The Morgan fingerprint density at radius 1 is 1.26 bits per heavy atom. The van der Waals surface area contributed by atoms with E-state index in [1.54, 1.807) is 4.68 Å². The summed E-state index contributed by atoms with van der Waals surface area (Å²) in [6, 6.07) is 0.247. The number of halogens is 1. The van der Waals surface area contributed by atoms with Crippen molar-refractivity contribution in [3.05, 3.63) is 18.0 Å². The summed E-state index contributed by atoms with van der Waals surface area (Å²) in [6.45, 7) is 5.44. The number of rotatable bonds is 5.